The van der Waals surface area contributed by atoms with E-state index in [2.05, 4.69) is 5.32 Å². The Labute approximate surface area is 114 Å². The number of benzene rings is 2. The van der Waals surface area contributed by atoms with Crippen LogP contribution in [-0.4, -0.2) is 0 Å². The molecule has 2 aromatic rings. The molecule has 2 aromatic carbocycles. The normalized spacial score (nSPS) is 10.0. The highest BCUT2D eigenvalue weighted by atomic mass is 35.5. The number of nitrogens with zero attached hydrogens (tertiary/aromatic N) is 1. The van der Waals surface area contributed by atoms with Crippen molar-refractivity contribution in [2.24, 2.45) is 0 Å². The van der Waals surface area contributed by atoms with Crippen LogP contribution >= 0.6 is 11.6 Å². The highest BCUT2D eigenvalue weighted by molar-refractivity contribution is 6.33. The molecule has 19 heavy (non-hydrogen) atoms. The van der Waals surface area contributed by atoms with Gasteiger partial charge in [-0.15, -0.1) is 0 Å². The summed E-state index contributed by atoms with van der Waals surface area (Å²) in [5.41, 5.74) is 1.30. The van der Waals surface area contributed by atoms with Crippen molar-refractivity contribution in [1.29, 1.82) is 5.26 Å². The molecular weight excluding hydrogens is 270 g/mol. The molecule has 1 N–H and O–H groups in total. The molecule has 0 aliphatic rings. The lowest BCUT2D eigenvalue weighted by Crippen LogP contribution is -2.01. The molecule has 2 rings (SSSR count). The minimum atomic E-state index is -0.550. The van der Waals surface area contributed by atoms with E-state index in [-0.39, 0.29) is 10.6 Å². The molecule has 0 atom stereocenters. The van der Waals surface area contributed by atoms with E-state index >= 15 is 0 Å². The van der Waals surface area contributed by atoms with Crippen LogP contribution in [0.3, 0.4) is 0 Å². The van der Waals surface area contributed by atoms with Crippen LogP contribution in [0.2, 0.25) is 5.02 Å². The van der Waals surface area contributed by atoms with Gasteiger partial charge in [-0.2, -0.15) is 5.26 Å². The van der Waals surface area contributed by atoms with Crippen molar-refractivity contribution in [1.82, 2.24) is 0 Å². The van der Waals surface area contributed by atoms with Crippen molar-refractivity contribution in [3.05, 3.63) is 64.2 Å². The van der Waals surface area contributed by atoms with Crippen LogP contribution in [0.15, 0.2) is 36.4 Å². The molecule has 0 saturated heterocycles. The molecule has 0 fully saturated rings. The van der Waals surface area contributed by atoms with Crippen LogP contribution < -0.4 is 5.32 Å². The van der Waals surface area contributed by atoms with Gasteiger partial charge < -0.3 is 5.32 Å². The van der Waals surface area contributed by atoms with E-state index in [1.807, 2.05) is 0 Å². The number of hydrogen-bond acceptors (Lipinski definition) is 2. The SMILES string of the molecule is N#Cc1cc(CNc2ccc(F)cc2Cl)ccc1F. The summed E-state index contributed by atoms with van der Waals surface area (Å²) in [6.07, 6.45) is 0. The Morgan fingerprint density at radius 2 is 1.95 bits per heavy atom. The molecule has 0 aromatic heterocycles. The summed E-state index contributed by atoms with van der Waals surface area (Å²) in [5, 5.41) is 12.0. The van der Waals surface area contributed by atoms with Gasteiger partial charge in [0.05, 0.1) is 16.3 Å². The Morgan fingerprint density at radius 3 is 2.63 bits per heavy atom. The zero-order valence-electron chi connectivity index (χ0n) is 9.75. The fourth-order valence-electron chi connectivity index (χ4n) is 1.60. The van der Waals surface area contributed by atoms with Crippen molar-refractivity contribution in [3.63, 3.8) is 0 Å². The second-order valence-electron chi connectivity index (χ2n) is 3.90. The Hall–Kier alpha value is -2.12. The molecule has 0 heterocycles. The second kappa shape index (κ2) is 5.68. The van der Waals surface area contributed by atoms with Gasteiger partial charge in [-0.05, 0) is 35.9 Å². The predicted molar refractivity (Wildman–Crippen MR) is 69.9 cm³/mol. The highest BCUT2D eigenvalue weighted by Gasteiger charge is 2.04. The van der Waals surface area contributed by atoms with E-state index in [0.29, 0.717) is 12.2 Å². The molecule has 2 nitrogen and oxygen atoms in total. The molecule has 0 unspecified atom stereocenters. The summed E-state index contributed by atoms with van der Waals surface area (Å²) < 4.78 is 26.0. The third-order valence-corrected chi connectivity index (χ3v) is 2.88. The third-order valence-electron chi connectivity index (χ3n) is 2.57. The zero-order valence-corrected chi connectivity index (χ0v) is 10.5. The first-order chi connectivity index (χ1) is 9.10. The summed E-state index contributed by atoms with van der Waals surface area (Å²) >= 11 is 5.86. The maximum absolute atomic E-state index is 13.1. The van der Waals surface area contributed by atoms with Gasteiger partial charge in [-0.3, -0.25) is 0 Å². The van der Waals surface area contributed by atoms with Gasteiger partial charge in [-0.1, -0.05) is 17.7 Å². The Bertz CT molecular complexity index is 650. The first-order valence-corrected chi connectivity index (χ1v) is 5.85. The second-order valence-corrected chi connectivity index (χ2v) is 4.31. The fraction of sp³-hybridized carbons (Fsp3) is 0.0714. The van der Waals surface area contributed by atoms with Crippen molar-refractivity contribution in [2.45, 2.75) is 6.54 Å². The van der Waals surface area contributed by atoms with Gasteiger partial charge in [0.25, 0.3) is 0 Å². The summed E-state index contributed by atoms with van der Waals surface area (Å²) in [5.74, 6) is -0.963. The molecule has 0 amide bonds. The van der Waals surface area contributed by atoms with Gasteiger partial charge >= 0.3 is 0 Å². The van der Waals surface area contributed by atoms with Crippen molar-refractivity contribution in [2.75, 3.05) is 5.32 Å². The van der Waals surface area contributed by atoms with Crippen molar-refractivity contribution < 1.29 is 8.78 Å². The van der Waals surface area contributed by atoms with Gasteiger partial charge in [0.1, 0.15) is 17.7 Å². The average molecular weight is 279 g/mol. The van der Waals surface area contributed by atoms with Gasteiger partial charge in [0.2, 0.25) is 0 Å². The summed E-state index contributed by atoms with van der Waals surface area (Å²) in [7, 11) is 0. The predicted octanol–water partition coefficient (Wildman–Crippen LogP) is 4.10. The number of anilines is 1. The quantitative estimate of drug-likeness (QED) is 0.917. The topological polar surface area (TPSA) is 35.8 Å². The molecule has 0 spiro atoms. The molecule has 0 saturated carbocycles. The first kappa shape index (κ1) is 13.3. The number of nitrogens with one attached hydrogen (secondary N) is 1. The lowest BCUT2D eigenvalue weighted by atomic mass is 10.1. The summed E-state index contributed by atoms with van der Waals surface area (Å²) in [6.45, 7) is 0.361. The molecule has 5 heteroatoms. The van der Waals surface area contributed by atoms with Crippen LogP contribution in [0.4, 0.5) is 14.5 Å². The zero-order chi connectivity index (χ0) is 13.8. The minimum Gasteiger partial charge on any atom is -0.380 e. The van der Waals surface area contributed by atoms with E-state index in [9.17, 15) is 8.78 Å². The van der Waals surface area contributed by atoms with Gasteiger partial charge in [-0.25, -0.2) is 8.78 Å². The van der Waals surface area contributed by atoms with Crippen LogP contribution in [0.25, 0.3) is 0 Å². The number of hydrogen-bond donors (Lipinski definition) is 1. The Balaban J connectivity index is 2.13. The summed E-state index contributed by atoms with van der Waals surface area (Å²) in [4.78, 5) is 0. The molecule has 0 radical (unpaired) electrons. The van der Waals surface area contributed by atoms with Crippen LogP contribution in [0, 0.1) is 23.0 Å². The van der Waals surface area contributed by atoms with Gasteiger partial charge in [0.15, 0.2) is 0 Å². The van der Waals surface area contributed by atoms with E-state index in [4.69, 9.17) is 16.9 Å². The minimum absolute atomic E-state index is 0.00972. The molecule has 0 bridgehead atoms. The standard InChI is InChI=1S/C14H9ClF2N2/c15-12-6-11(16)2-4-14(12)19-8-9-1-3-13(17)10(5-9)7-18/h1-6,19H,8H2. The average Bonchev–Trinajstić information content (AvgIpc) is 2.39. The highest BCUT2D eigenvalue weighted by Crippen LogP contribution is 2.23. The lowest BCUT2D eigenvalue weighted by molar-refractivity contribution is 0.623. The van der Waals surface area contributed by atoms with E-state index in [1.165, 1.54) is 30.3 Å². The Kier molecular flexibility index (Phi) is 3.98. The fourth-order valence-corrected chi connectivity index (χ4v) is 1.83. The molecule has 96 valence electrons. The van der Waals surface area contributed by atoms with E-state index in [0.717, 1.165) is 5.56 Å². The van der Waals surface area contributed by atoms with E-state index in [1.54, 1.807) is 12.1 Å². The van der Waals surface area contributed by atoms with Crippen LogP contribution in [0.5, 0.6) is 0 Å². The number of rotatable bonds is 3. The lowest BCUT2D eigenvalue weighted by Gasteiger charge is -2.09. The van der Waals surface area contributed by atoms with Crippen molar-refractivity contribution in [3.8, 4) is 6.07 Å². The Morgan fingerprint density at radius 1 is 1.16 bits per heavy atom. The van der Waals surface area contributed by atoms with Crippen LogP contribution in [-0.2, 0) is 6.54 Å². The maximum atomic E-state index is 13.1. The molecular formula is C14H9ClF2N2. The maximum Gasteiger partial charge on any atom is 0.140 e. The largest absolute Gasteiger partial charge is 0.380 e. The van der Waals surface area contributed by atoms with E-state index < -0.39 is 11.6 Å². The third kappa shape index (κ3) is 3.21. The first-order valence-electron chi connectivity index (χ1n) is 5.47. The molecule has 0 aliphatic carbocycles. The monoisotopic (exact) mass is 278 g/mol. The number of halogens is 3. The summed E-state index contributed by atoms with van der Waals surface area (Å²) in [6, 6.07) is 10.1. The van der Waals surface area contributed by atoms with Crippen molar-refractivity contribution >= 4 is 17.3 Å². The smallest absolute Gasteiger partial charge is 0.140 e. The van der Waals surface area contributed by atoms with Gasteiger partial charge in [0, 0.05) is 6.54 Å². The molecule has 0 aliphatic heterocycles. The number of nitriles is 1. The van der Waals surface area contributed by atoms with Crippen LogP contribution in [0.1, 0.15) is 11.1 Å².